The Morgan fingerprint density at radius 1 is 1.39 bits per heavy atom. The predicted molar refractivity (Wildman–Crippen MR) is 86.0 cm³/mol. The molecule has 4 rings (SSSR count). The molecule has 0 N–H and O–H groups in total. The van der Waals surface area contributed by atoms with Crippen LogP contribution in [-0.2, 0) is 13.0 Å². The summed E-state index contributed by atoms with van der Waals surface area (Å²) in [7, 11) is 2.10. The first-order chi connectivity index (χ1) is 11.2. The number of furan rings is 1. The van der Waals surface area contributed by atoms with Crippen molar-refractivity contribution in [1.29, 1.82) is 0 Å². The van der Waals surface area contributed by atoms with Gasteiger partial charge in [-0.25, -0.2) is 4.98 Å². The van der Waals surface area contributed by atoms with E-state index >= 15 is 0 Å². The molecular weight excluding hydrogens is 312 g/mol. The van der Waals surface area contributed by atoms with Gasteiger partial charge < -0.3 is 8.83 Å². The standard InChI is InChI=1S/C16H18N4O2S/c1-10-17-11-5-3-6-12(15(11)23-10)20(2)9-14-18-19-16(22-14)13-7-4-8-21-13/h4,7-8,12H,3,5-6,9H2,1-2H3/t12-/m0/s1. The summed E-state index contributed by atoms with van der Waals surface area (Å²) in [5.74, 6) is 1.63. The molecule has 0 bridgehead atoms. The normalized spacial score (nSPS) is 17.6. The van der Waals surface area contributed by atoms with Crippen LogP contribution in [0.2, 0.25) is 0 Å². The zero-order valence-corrected chi connectivity index (χ0v) is 14.0. The van der Waals surface area contributed by atoms with Gasteiger partial charge in [0.15, 0.2) is 5.76 Å². The van der Waals surface area contributed by atoms with E-state index in [2.05, 4.69) is 34.1 Å². The fourth-order valence-electron chi connectivity index (χ4n) is 3.08. The Morgan fingerprint density at radius 2 is 2.30 bits per heavy atom. The van der Waals surface area contributed by atoms with Crippen molar-refractivity contribution < 1.29 is 8.83 Å². The van der Waals surface area contributed by atoms with Crippen molar-refractivity contribution in [1.82, 2.24) is 20.1 Å². The summed E-state index contributed by atoms with van der Waals surface area (Å²) in [5.41, 5.74) is 1.26. The zero-order chi connectivity index (χ0) is 15.8. The van der Waals surface area contributed by atoms with Crippen LogP contribution in [0.3, 0.4) is 0 Å². The van der Waals surface area contributed by atoms with Gasteiger partial charge in [-0.05, 0) is 45.4 Å². The SMILES string of the molecule is Cc1nc2c(s1)[C@@H](N(C)Cc1nnc(-c3ccco3)o1)CCC2. The van der Waals surface area contributed by atoms with E-state index in [1.165, 1.54) is 17.0 Å². The van der Waals surface area contributed by atoms with Crippen molar-refractivity contribution in [3.05, 3.63) is 39.9 Å². The van der Waals surface area contributed by atoms with Crippen LogP contribution < -0.4 is 0 Å². The van der Waals surface area contributed by atoms with Crippen LogP contribution in [0.25, 0.3) is 11.7 Å². The number of nitrogens with zero attached hydrogens (tertiary/aromatic N) is 4. The number of thiazole rings is 1. The minimum atomic E-state index is 0.379. The second-order valence-corrected chi connectivity index (χ2v) is 7.08. The van der Waals surface area contributed by atoms with E-state index in [-0.39, 0.29) is 0 Å². The molecular formula is C16H18N4O2S. The van der Waals surface area contributed by atoms with E-state index in [1.807, 2.05) is 6.07 Å². The molecule has 0 radical (unpaired) electrons. The van der Waals surface area contributed by atoms with Gasteiger partial charge in [0.25, 0.3) is 5.89 Å². The number of hydrogen-bond acceptors (Lipinski definition) is 7. The monoisotopic (exact) mass is 330 g/mol. The van der Waals surface area contributed by atoms with E-state index < -0.39 is 0 Å². The number of aromatic nitrogens is 3. The Balaban J connectivity index is 1.51. The highest BCUT2D eigenvalue weighted by molar-refractivity contribution is 7.11. The first-order valence-corrected chi connectivity index (χ1v) is 8.55. The molecule has 0 aliphatic heterocycles. The summed E-state index contributed by atoms with van der Waals surface area (Å²) < 4.78 is 11.0. The van der Waals surface area contributed by atoms with Gasteiger partial charge in [0.1, 0.15) is 0 Å². The van der Waals surface area contributed by atoms with Crippen molar-refractivity contribution in [2.75, 3.05) is 7.05 Å². The fourth-order valence-corrected chi connectivity index (χ4v) is 4.25. The van der Waals surface area contributed by atoms with Crippen molar-refractivity contribution in [2.24, 2.45) is 0 Å². The molecule has 0 amide bonds. The summed E-state index contributed by atoms with van der Waals surface area (Å²) in [5, 5.41) is 9.34. The smallest absolute Gasteiger partial charge is 0.283 e. The summed E-state index contributed by atoms with van der Waals surface area (Å²) in [6, 6.07) is 4.00. The van der Waals surface area contributed by atoms with Crippen molar-refractivity contribution in [3.63, 3.8) is 0 Å². The number of hydrogen-bond donors (Lipinski definition) is 0. The van der Waals surface area contributed by atoms with Crippen molar-refractivity contribution in [2.45, 2.75) is 38.8 Å². The number of rotatable bonds is 4. The topological polar surface area (TPSA) is 68.2 Å². The van der Waals surface area contributed by atoms with E-state index in [4.69, 9.17) is 8.83 Å². The Labute approximate surface area is 138 Å². The molecule has 7 heteroatoms. The van der Waals surface area contributed by atoms with Gasteiger partial charge in [-0.3, -0.25) is 4.90 Å². The summed E-state index contributed by atoms with van der Waals surface area (Å²) in [6.07, 6.45) is 5.01. The summed E-state index contributed by atoms with van der Waals surface area (Å²) in [6.45, 7) is 2.70. The lowest BCUT2D eigenvalue weighted by Gasteiger charge is -2.29. The minimum absolute atomic E-state index is 0.379. The van der Waals surface area contributed by atoms with Gasteiger partial charge in [0.05, 0.1) is 23.5 Å². The maximum Gasteiger partial charge on any atom is 0.283 e. The lowest BCUT2D eigenvalue weighted by Crippen LogP contribution is -2.26. The third-order valence-electron chi connectivity index (χ3n) is 4.14. The second kappa shape index (κ2) is 5.90. The highest BCUT2D eigenvalue weighted by atomic mass is 32.1. The largest absolute Gasteiger partial charge is 0.459 e. The molecule has 0 saturated heterocycles. The van der Waals surface area contributed by atoms with Crippen molar-refractivity contribution >= 4 is 11.3 Å². The molecule has 0 unspecified atom stereocenters. The summed E-state index contributed by atoms with van der Waals surface area (Å²) in [4.78, 5) is 8.32. The Kier molecular flexibility index (Phi) is 3.74. The third-order valence-corrected chi connectivity index (χ3v) is 5.26. The maximum absolute atomic E-state index is 5.71. The zero-order valence-electron chi connectivity index (χ0n) is 13.2. The van der Waals surface area contributed by atoms with Crippen LogP contribution in [0, 0.1) is 6.92 Å². The molecule has 1 aliphatic carbocycles. The average Bonchev–Trinajstić information content (AvgIpc) is 3.25. The van der Waals surface area contributed by atoms with Crippen LogP contribution in [0.5, 0.6) is 0 Å². The molecule has 3 aromatic heterocycles. The van der Waals surface area contributed by atoms with E-state index in [9.17, 15) is 0 Å². The Morgan fingerprint density at radius 3 is 3.13 bits per heavy atom. The summed E-state index contributed by atoms with van der Waals surface area (Å²) >= 11 is 1.81. The van der Waals surface area contributed by atoms with Gasteiger partial charge in [-0.1, -0.05) is 0 Å². The van der Waals surface area contributed by atoms with Gasteiger partial charge in [0.2, 0.25) is 5.89 Å². The number of aryl methyl sites for hydroxylation is 2. The average molecular weight is 330 g/mol. The van der Waals surface area contributed by atoms with Gasteiger partial charge >= 0.3 is 0 Å². The molecule has 0 aromatic carbocycles. The third kappa shape index (κ3) is 2.82. The van der Waals surface area contributed by atoms with Crippen LogP contribution in [0.4, 0.5) is 0 Å². The molecule has 3 heterocycles. The highest BCUT2D eigenvalue weighted by Gasteiger charge is 2.28. The molecule has 1 aliphatic rings. The van der Waals surface area contributed by atoms with E-state index in [0.29, 0.717) is 30.1 Å². The quantitative estimate of drug-likeness (QED) is 0.728. The fraction of sp³-hybridized carbons (Fsp3) is 0.438. The van der Waals surface area contributed by atoms with E-state index in [1.54, 1.807) is 23.7 Å². The highest BCUT2D eigenvalue weighted by Crippen LogP contribution is 2.37. The van der Waals surface area contributed by atoms with Gasteiger partial charge in [-0.2, -0.15) is 0 Å². The molecule has 3 aromatic rings. The minimum Gasteiger partial charge on any atom is -0.459 e. The van der Waals surface area contributed by atoms with Crippen molar-refractivity contribution in [3.8, 4) is 11.7 Å². The van der Waals surface area contributed by atoms with E-state index in [0.717, 1.165) is 17.8 Å². The number of fused-ring (bicyclic) bond motifs is 1. The molecule has 1 atom stereocenters. The maximum atomic E-state index is 5.71. The lowest BCUT2D eigenvalue weighted by atomic mass is 9.97. The Hall–Kier alpha value is -1.99. The van der Waals surface area contributed by atoms with Crippen LogP contribution in [-0.4, -0.2) is 27.1 Å². The molecule has 0 fully saturated rings. The molecule has 0 saturated carbocycles. The molecule has 6 nitrogen and oxygen atoms in total. The second-order valence-electron chi connectivity index (χ2n) is 5.85. The van der Waals surface area contributed by atoms with Gasteiger partial charge in [0, 0.05) is 10.9 Å². The van der Waals surface area contributed by atoms with Crippen LogP contribution in [0.1, 0.15) is 40.4 Å². The molecule has 0 spiro atoms. The lowest BCUT2D eigenvalue weighted by molar-refractivity contribution is 0.197. The van der Waals surface area contributed by atoms with Crippen LogP contribution >= 0.6 is 11.3 Å². The predicted octanol–water partition coefficient (Wildman–Crippen LogP) is 3.60. The molecule has 23 heavy (non-hydrogen) atoms. The Bertz CT molecular complexity index is 793. The first-order valence-electron chi connectivity index (χ1n) is 7.73. The first kappa shape index (κ1) is 14.6. The van der Waals surface area contributed by atoms with Gasteiger partial charge in [-0.15, -0.1) is 21.5 Å². The van der Waals surface area contributed by atoms with Crippen LogP contribution in [0.15, 0.2) is 27.2 Å². The molecule has 120 valence electrons.